The normalized spacial score (nSPS) is 11.1. The zero-order valence-corrected chi connectivity index (χ0v) is 11.6. The van der Waals surface area contributed by atoms with Crippen LogP contribution < -0.4 is 5.32 Å². The van der Waals surface area contributed by atoms with Crippen LogP contribution in [0.25, 0.3) is 10.9 Å². The van der Waals surface area contributed by atoms with Gasteiger partial charge in [0.2, 0.25) is 0 Å². The number of ether oxygens (including phenoxy) is 1. The maximum atomic E-state index is 10.9. The van der Waals surface area contributed by atoms with Crippen molar-refractivity contribution >= 4 is 16.9 Å². The van der Waals surface area contributed by atoms with Gasteiger partial charge >= 0.3 is 5.97 Å². The molecular weight excluding hydrogens is 256 g/mol. The number of hydrogen-bond donors (Lipinski definition) is 2. The molecular formula is C15H20N2O3. The van der Waals surface area contributed by atoms with Gasteiger partial charge in [-0.3, -0.25) is 4.79 Å². The molecule has 5 heteroatoms. The maximum Gasteiger partial charge on any atom is 0.323 e. The highest BCUT2D eigenvalue weighted by Gasteiger charge is 2.09. The molecule has 0 fully saturated rings. The predicted octanol–water partition coefficient (Wildman–Crippen LogP) is 1.85. The summed E-state index contributed by atoms with van der Waals surface area (Å²) < 4.78 is 6.78. The van der Waals surface area contributed by atoms with Crippen molar-refractivity contribution in [3.63, 3.8) is 0 Å². The van der Waals surface area contributed by atoms with Gasteiger partial charge in [-0.25, -0.2) is 0 Å². The lowest BCUT2D eigenvalue weighted by Crippen LogP contribution is -2.16. The number of para-hydroxylation sites is 1. The van der Waals surface area contributed by atoms with Gasteiger partial charge in [0, 0.05) is 37.4 Å². The fraction of sp³-hybridized carbons (Fsp3) is 0.400. The van der Waals surface area contributed by atoms with Crippen molar-refractivity contribution in [2.24, 2.45) is 0 Å². The monoisotopic (exact) mass is 276 g/mol. The van der Waals surface area contributed by atoms with E-state index in [-0.39, 0.29) is 6.54 Å². The summed E-state index contributed by atoms with van der Waals surface area (Å²) in [6, 6.07) is 7.88. The molecule has 0 saturated carbocycles. The van der Waals surface area contributed by atoms with Gasteiger partial charge in [0.15, 0.2) is 0 Å². The summed E-state index contributed by atoms with van der Waals surface area (Å²) in [7, 11) is 1.69. The number of hydrogen-bond acceptors (Lipinski definition) is 3. The van der Waals surface area contributed by atoms with Crippen LogP contribution in [0.5, 0.6) is 0 Å². The molecule has 0 radical (unpaired) electrons. The fourth-order valence-electron chi connectivity index (χ4n) is 2.30. The molecule has 0 bridgehead atoms. The van der Waals surface area contributed by atoms with Crippen LogP contribution >= 0.6 is 0 Å². The number of rotatable bonds is 8. The highest BCUT2D eigenvalue weighted by molar-refractivity contribution is 5.85. The van der Waals surface area contributed by atoms with Gasteiger partial charge in [-0.1, -0.05) is 18.2 Å². The Morgan fingerprint density at radius 2 is 2.20 bits per heavy atom. The van der Waals surface area contributed by atoms with Gasteiger partial charge in [-0.15, -0.1) is 0 Å². The van der Waals surface area contributed by atoms with Crippen LogP contribution in [0.3, 0.4) is 0 Å². The molecule has 2 N–H and O–H groups in total. The Hall–Kier alpha value is -1.85. The standard InChI is InChI=1S/C15H20N2O3/c1-20-8-4-7-16-9-12-10-17(11-15(18)19)14-6-3-2-5-13(12)14/h2-3,5-6,10,16H,4,7-9,11H2,1H3,(H,18,19). The first kappa shape index (κ1) is 14.6. The van der Waals surface area contributed by atoms with Crippen molar-refractivity contribution in [1.82, 2.24) is 9.88 Å². The molecule has 5 nitrogen and oxygen atoms in total. The molecule has 0 saturated heterocycles. The number of aromatic nitrogens is 1. The average molecular weight is 276 g/mol. The van der Waals surface area contributed by atoms with Gasteiger partial charge in [0.1, 0.15) is 6.54 Å². The van der Waals surface area contributed by atoms with E-state index in [0.717, 1.165) is 42.6 Å². The van der Waals surface area contributed by atoms with E-state index in [9.17, 15) is 4.79 Å². The molecule has 0 amide bonds. The second-order valence-electron chi connectivity index (χ2n) is 4.72. The summed E-state index contributed by atoms with van der Waals surface area (Å²) in [6.07, 6.45) is 2.88. The Bertz CT molecular complexity index is 578. The van der Waals surface area contributed by atoms with Gasteiger partial charge in [0.25, 0.3) is 0 Å². The molecule has 2 aromatic rings. The Morgan fingerprint density at radius 1 is 1.40 bits per heavy atom. The SMILES string of the molecule is COCCCNCc1cn(CC(=O)O)c2ccccc12. The largest absolute Gasteiger partial charge is 0.480 e. The molecule has 0 unspecified atom stereocenters. The summed E-state index contributed by atoms with van der Waals surface area (Å²) in [5.74, 6) is -0.828. The molecule has 1 aromatic carbocycles. The summed E-state index contributed by atoms with van der Waals surface area (Å²) in [5, 5.41) is 13.4. The zero-order chi connectivity index (χ0) is 14.4. The van der Waals surface area contributed by atoms with Crippen molar-refractivity contribution < 1.29 is 14.6 Å². The van der Waals surface area contributed by atoms with Crippen molar-refractivity contribution in [1.29, 1.82) is 0 Å². The molecule has 1 heterocycles. The average Bonchev–Trinajstić information content (AvgIpc) is 2.77. The Kier molecular flexibility index (Phi) is 5.15. The lowest BCUT2D eigenvalue weighted by molar-refractivity contribution is -0.137. The number of aliphatic carboxylic acids is 1. The number of benzene rings is 1. The number of carboxylic acid groups (broad SMARTS) is 1. The van der Waals surface area contributed by atoms with Crippen LogP contribution in [0.2, 0.25) is 0 Å². The minimum absolute atomic E-state index is 0.00973. The first-order valence-corrected chi connectivity index (χ1v) is 6.70. The highest BCUT2D eigenvalue weighted by Crippen LogP contribution is 2.21. The van der Waals surface area contributed by atoms with Crippen LogP contribution in [-0.2, 0) is 22.6 Å². The molecule has 1 aromatic heterocycles. The summed E-state index contributed by atoms with van der Waals surface area (Å²) in [5.41, 5.74) is 2.09. The van der Waals surface area contributed by atoms with E-state index >= 15 is 0 Å². The van der Waals surface area contributed by atoms with Crippen molar-refractivity contribution in [2.45, 2.75) is 19.5 Å². The number of carbonyl (C=O) groups is 1. The first-order chi connectivity index (χ1) is 9.72. The molecule has 0 aliphatic heterocycles. The minimum Gasteiger partial charge on any atom is -0.480 e. The molecule has 20 heavy (non-hydrogen) atoms. The van der Waals surface area contributed by atoms with Crippen LogP contribution in [0.1, 0.15) is 12.0 Å². The second kappa shape index (κ2) is 7.07. The van der Waals surface area contributed by atoms with E-state index < -0.39 is 5.97 Å². The van der Waals surface area contributed by atoms with Crippen LogP contribution in [0.15, 0.2) is 30.5 Å². The first-order valence-electron chi connectivity index (χ1n) is 6.70. The predicted molar refractivity (Wildman–Crippen MR) is 77.8 cm³/mol. The van der Waals surface area contributed by atoms with Crippen molar-refractivity contribution in [3.8, 4) is 0 Å². The Balaban J connectivity index is 2.10. The summed E-state index contributed by atoms with van der Waals surface area (Å²) >= 11 is 0. The lowest BCUT2D eigenvalue weighted by Gasteiger charge is -2.03. The number of carboxylic acids is 1. The fourth-order valence-corrected chi connectivity index (χ4v) is 2.30. The van der Waals surface area contributed by atoms with E-state index in [1.807, 2.05) is 30.5 Å². The van der Waals surface area contributed by atoms with Crippen molar-refractivity contribution in [3.05, 3.63) is 36.0 Å². The Labute approximate surface area is 118 Å². The van der Waals surface area contributed by atoms with E-state index in [0.29, 0.717) is 0 Å². The van der Waals surface area contributed by atoms with Crippen molar-refractivity contribution in [2.75, 3.05) is 20.3 Å². The number of fused-ring (bicyclic) bond motifs is 1. The molecule has 0 aliphatic rings. The van der Waals surface area contributed by atoms with Crippen LogP contribution in [0, 0.1) is 0 Å². The molecule has 0 spiro atoms. The van der Waals surface area contributed by atoms with E-state index in [1.54, 1.807) is 11.7 Å². The van der Waals surface area contributed by atoms with Gasteiger partial charge < -0.3 is 19.7 Å². The second-order valence-corrected chi connectivity index (χ2v) is 4.72. The third kappa shape index (κ3) is 3.59. The minimum atomic E-state index is -0.828. The molecule has 0 aliphatic carbocycles. The van der Waals surface area contributed by atoms with Gasteiger partial charge in [-0.2, -0.15) is 0 Å². The highest BCUT2D eigenvalue weighted by atomic mass is 16.5. The summed E-state index contributed by atoms with van der Waals surface area (Å²) in [4.78, 5) is 10.9. The maximum absolute atomic E-state index is 10.9. The topological polar surface area (TPSA) is 63.5 Å². The van der Waals surface area contributed by atoms with Gasteiger partial charge in [0.05, 0.1) is 0 Å². The number of nitrogens with one attached hydrogen (secondary N) is 1. The molecule has 108 valence electrons. The van der Waals surface area contributed by atoms with E-state index in [1.165, 1.54) is 0 Å². The smallest absolute Gasteiger partial charge is 0.323 e. The van der Waals surface area contributed by atoms with E-state index in [4.69, 9.17) is 9.84 Å². The Morgan fingerprint density at radius 3 is 2.95 bits per heavy atom. The third-order valence-electron chi connectivity index (χ3n) is 3.19. The quantitative estimate of drug-likeness (QED) is 0.722. The van der Waals surface area contributed by atoms with Gasteiger partial charge in [-0.05, 0) is 24.6 Å². The van der Waals surface area contributed by atoms with E-state index in [2.05, 4.69) is 5.32 Å². The molecule has 2 rings (SSSR count). The van der Waals surface area contributed by atoms with Crippen LogP contribution in [0.4, 0.5) is 0 Å². The third-order valence-corrected chi connectivity index (χ3v) is 3.19. The van der Waals surface area contributed by atoms with Crippen LogP contribution in [-0.4, -0.2) is 35.9 Å². The molecule has 0 atom stereocenters. The number of nitrogens with zero attached hydrogens (tertiary/aromatic N) is 1. The lowest BCUT2D eigenvalue weighted by atomic mass is 10.2. The summed E-state index contributed by atoms with van der Waals surface area (Å²) in [6.45, 7) is 2.35. The zero-order valence-electron chi connectivity index (χ0n) is 11.6. The number of methoxy groups -OCH3 is 1.